The van der Waals surface area contributed by atoms with Gasteiger partial charge in [-0.25, -0.2) is 0 Å². The second-order valence-corrected chi connectivity index (χ2v) is 3.12. The Bertz CT molecular complexity index is 449. The zero-order valence-corrected chi connectivity index (χ0v) is 8.16. The van der Waals surface area contributed by atoms with E-state index in [2.05, 4.69) is 15.2 Å². The van der Waals surface area contributed by atoms with Gasteiger partial charge < -0.3 is 15.4 Å². The number of nitrogens with two attached hydrogens (primary N) is 1. The average molecular weight is 209 g/mol. The van der Waals surface area contributed by atoms with Crippen LogP contribution in [0.1, 0.15) is 11.9 Å². The van der Waals surface area contributed by atoms with E-state index < -0.39 is 6.04 Å². The highest BCUT2D eigenvalue weighted by molar-refractivity contribution is 5.46. The Morgan fingerprint density at radius 2 is 2.47 bits per heavy atom. The summed E-state index contributed by atoms with van der Waals surface area (Å²) in [5, 5.41) is 16.6. The summed E-state index contributed by atoms with van der Waals surface area (Å²) in [6, 6.07) is 1.12. The summed E-state index contributed by atoms with van der Waals surface area (Å²) in [4.78, 5) is 4.03. The molecule has 2 aromatic heterocycles. The predicted molar refractivity (Wildman–Crippen MR) is 50.5 cm³/mol. The number of rotatable bonds is 3. The summed E-state index contributed by atoms with van der Waals surface area (Å²) in [7, 11) is 1.80. The zero-order chi connectivity index (χ0) is 10.8. The van der Waals surface area contributed by atoms with Crippen molar-refractivity contribution in [2.75, 3.05) is 6.61 Å². The summed E-state index contributed by atoms with van der Waals surface area (Å²) in [5.41, 5.74) is 6.13. The minimum atomic E-state index is -0.644. The minimum Gasteiger partial charge on any atom is -0.394 e. The molecule has 0 aliphatic carbocycles. The number of aromatic nitrogens is 4. The van der Waals surface area contributed by atoms with E-state index >= 15 is 0 Å². The van der Waals surface area contributed by atoms with Gasteiger partial charge in [-0.05, 0) is 6.07 Å². The van der Waals surface area contributed by atoms with Crippen molar-refractivity contribution >= 4 is 0 Å². The van der Waals surface area contributed by atoms with Crippen molar-refractivity contribution in [3.05, 3.63) is 18.2 Å². The van der Waals surface area contributed by atoms with Crippen molar-refractivity contribution in [1.29, 1.82) is 0 Å². The largest absolute Gasteiger partial charge is 0.394 e. The molecular weight excluding hydrogens is 198 g/mol. The molecule has 2 aromatic rings. The third-order valence-corrected chi connectivity index (χ3v) is 1.90. The fourth-order valence-corrected chi connectivity index (χ4v) is 1.10. The fourth-order valence-electron chi connectivity index (χ4n) is 1.10. The van der Waals surface area contributed by atoms with Gasteiger partial charge in [-0.3, -0.25) is 4.68 Å². The van der Waals surface area contributed by atoms with Crippen molar-refractivity contribution in [1.82, 2.24) is 19.9 Å². The molecular formula is C8H11N5O2. The van der Waals surface area contributed by atoms with E-state index in [0.717, 1.165) is 0 Å². The molecule has 2 heterocycles. The molecule has 3 N–H and O–H groups in total. The smallest absolute Gasteiger partial charge is 0.246 e. The van der Waals surface area contributed by atoms with Gasteiger partial charge in [-0.15, -0.1) is 0 Å². The summed E-state index contributed by atoms with van der Waals surface area (Å²) in [6.45, 7) is -0.232. The maximum Gasteiger partial charge on any atom is 0.246 e. The molecule has 0 unspecified atom stereocenters. The number of aliphatic hydroxyl groups excluding tert-OH is 1. The Morgan fingerprint density at radius 1 is 1.67 bits per heavy atom. The lowest BCUT2D eigenvalue weighted by atomic mass is 10.3. The summed E-state index contributed by atoms with van der Waals surface area (Å²) >= 11 is 0. The molecule has 0 aliphatic rings. The standard InChI is InChI=1S/C8H11N5O2/c1-13-3-2-6(11-13)7-10-8(15-12-7)5(9)4-14/h2-3,5,14H,4,9H2,1H3/t5-/m0/s1. The van der Waals surface area contributed by atoms with Crippen LogP contribution in [-0.2, 0) is 7.05 Å². The highest BCUT2D eigenvalue weighted by Gasteiger charge is 2.15. The Kier molecular flexibility index (Phi) is 2.48. The van der Waals surface area contributed by atoms with E-state index in [0.29, 0.717) is 11.5 Å². The molecule has 0 bridgehead atoms. The molecule has 0 aliphatic heterocycles. The maximum atomic E-state index is 8.80. The lowest BCUT2D eigenvalue weighted by Gasteiger charge is -1.98. The van der Waals surface area contributed by atoms with Crippen LogP contribution in [0.15, 0.2) is 16.8 Å². The zero-order valence-electron chi connectivity index (χ0n) is 8.16. The average Bonchev–Trinajstić information content (AvgIpc) is 2.84. The molecule has 80 valence electrons. The highest BCUT2D eigenvalue weighted by atomic mass is 16.5. The minimum absolute atomic E-state index is 0.207. The van der Waals surface area contributed by atoms with Crippen LogP contribution >= 0.6 is 0 Å². The molecule has 7 nitrogen and oxygen atoms in total. The van der Waals surface area contributed by atoms with Gasteiger partial charge in [0, 0.05) is 13.2 Å². The van der Waals surface area contributed by atoms with E-state index in [4.69, 9.17) is 15.4 Å². The van der Waals surface area contributed by atoms with Gasteiger partial charge in [0.1, 0.15) is 11.7 Å². The fraction of sp³-hybridized carbons (Fsp3) is 0.375. The van der Waals surface area contributed by atoms with Crippen LogP contribution in [0.3, 0.4) is 0 Å². The molecule has 0 aromatic carbocycles. The number of nitrogens with zero attached hydrogens (tertiary/aromatic N) is 4. The number of aryl methyl sites for hydroxylation is 1. The number of hydrogen-bond donors (Lipinski definition) is 2. The Labute approximate surface area is 85.5 Å². The van der Waals surface area contributed by atoms with Crippen molar-refractivity contribution < 1.29 is 9.63 Å². The summed E-state index contributed by atoms with van der Waals surface area (Å²) in [6.07, 6.45) is 1.78. The van der Waals surface area contributed by atoms with Gasteiger partial charge in [0.2, 0.25) is 11.7 Å². The molecule has 15 heavy (non-hydrogen) atoms. The quantitative estimate of drug-likeness (QED) is 0.703. The van der Waals surface area contributed by atoms with Crippen LogP contribution in [-0.4, -0.2) is 31.6 Å². The molecule has 0 fully saturated rings. The molecule has 0 radical (unpaired) electrons. The lowest BCUT2D eigenvalue weighted by molar-refractivity contribution is 0.237. The van der Waals surface area contributed by atoms with E-state index in [1.165, 1.54) is 0 Å². The first-order chi connectivity index (χ1) is 7.20. The van der Waals surface area contributed by atoms with E-state index in [1.54, 1.807) is 24.0 Å². The monoisotopic (exact) mass is 209 g/mol. The van der Waals surface area contributed by atoms with E-state index in [9.17, 15) is 0 Å². The van der Waals surface area contributed by atoms with Crippen molar-refractivity contribution in [3.63, 3.8) is 0 Å². The van der Waals surface area contributed by atoms with Gasteiger partial charge >= 0.3 is 0 Å². The van der Waals surface area contributed by atoms with Crippen LogP contribution in [0.2, 0.25) is 0 Å². The van der Waals surface area contributed by atoms with Gasteiger partial charge in [-0.1, -0.05) is 5.16 Å². The summed E-state index contributed by atoms with van der Waals surface area (Å²) < 4.78 is 6.52. The highest BCUT2D eigenvalue weighted by Crippen LogP contribution is 2.15. The second-order valence-electron chi connectivity index (χ2n) is 3.12. The van der Waals surface area contributed by atoms with Crippen LogP contribution in [0.5, 0.6) is 0 Å². The maximum absolute atomic E-state index is 8.80. The van der Waals surface area contributed by atoms with Gasteiger partial charge in [-0.2, -0.15) is 10.1 Å². The predicted octanol–water partition coefficient (Wildman–Crippen LogP) is -0.538. The van der Waals surface area contributed by atoms with Gasteiger partial charge in [0.05, 0.1) is 6.61 Å². The molecule has 0 amide bonds. The lowest BCUT2D eigenvalue weighted by Crippen LogP contribution is -2.14. The molecule has 0 saturated heterocycles. The molecule has 7 heteroatoms. The van der Waals surface area contributed by atoms with Gasteiger partial charge in [0.15, 0.2) is 0 Å². The third kappa shape index (κ3) is 1.88. The molecule has 0 saturated carbocycles. The number of aliphatic hydroxyl groups is 1. The third-order valence-electron chi connectivity index (χ3n) is 1.90. The normalized spacial score (nSPS) is 13.0. The first-order valence-electron chi connectivity index (χ1n) is 4.41. The molecule has 1 atom stereocenters. The summed E-state index contributed by atoms with van der Waals surface area (Å²) in [5.74, 6) is 0.577. The Hall–Kier alpha value is -1.73. The number of hydrogen-bond acceptors (Lipinski definition) is 6. The Morgan fingerprint density at radius 3 is 3.07 bits per heavy atom. The van der Waals surface area contributed by atoms with E-state index in [1.807, 2.05) is 0 Å². The second kappa shape index (κ2) is 3.79. The SMILES string of the molecule is Cn1ccc(-c2noc([C@@H](N)CO)n2)n1. The molecule has 0 spiro atoms. The first kappa shape index (κ1) is 9.81. The Balaban J connectivity index is 2.27. The van der Waals surface area contributed by atoms with Crippen LogP contribution in [0, 0.1) is 0 Å². The van der Waals surface area contributed by atoms with E-state index in [-0.39, 0.29) is 12.5 Å². The molecule has 2 rings (SSSR count). The topological polar surface area (TPSA) is 103 Å². The van der Waals surface area contributed by atoms with Crippen LogP contribution in [0.25, 0.3) is 11.5 Å². The van der Waals surface area contributed by atoms with Crippen molar-refractivity contribution in [3.8, 4) is 11.5 Å². The van der Waals surface area contributed by atoms with Crippen molar-refractivity contribution in [2.45, 2.75) is 6.04 Å². The van der Waals surface area contributed by atoms with Crippen LogP contribution < -0.4 is 5.73 Å². The first-order valence-corrected chi connectivity index (χ1v) is 4.41. The van der Waals surface area contributed by atoms with Crippen LogP contribution in [0.4, 0.5) is 0 Å². The van der Waals surface area contributed by atoms with Gasteiger partial charge in [0.25, 0.3) is 0 Å². The van der Waals surface area contributed by atoms with Crippen molar-refractivity contribution in [2.24, 2.45) is 12.8 Å².